The minimum Gasteiger partial charge on any atom is -0.355 e. The summed E-state index contributed by atoms with van der Waals surface area (Å²) in [5.41, 5.74) is 2.34. The number of carbonyl (C=O) groups excluding carboxylic acids is 1. The van der Waals surface area contributed by atoms with Crippen molar-refractivity contribution in [2.45, 2.75) is 6.92 Å². The van der Waals surface area contributed by atoms with Gasteiger partial charge in [0.2, 0.25) is 0 Å². The molecular weight excluding hydrogens is 347 g/mol. The Morgan fingerprint density at radius 1 is 1.07 bits per heavy atom. The molecule has 27 heavy (non-hydrogen) atoms. The number of nitrogens with one attached hydrogen (secondary N) is 1. The zero-order valence-corrected chi connectivity index (χ0v) is 14.4. The van der Waals surface area contributed by atoms with Gasteiger partial charge in [-0.25, -0.2) is 9.07 Å². The number of para-hydroxylation sites is 1. The van der Waals surface area contributed by atoms with Gasteiger partial charge in [-0.1, -0.05) is 23.4 Å². The van der Waals surface area contributed by atoms with Gasteiger partial charge in [-0.3, -0.25) is 4.79 Å². The van der Waals surface area contributed by atoms with Gasteiger partial charge in [-0.05, 0) is 43.3 Å². The molecule has 6 nitrogen and oxygen atoms in total. The van der Waals surface area contributed by atoms with Gasteiger partial charge in [0.25, 0.3) is 5.91 Å². The van der Waals surface area contributed by atoms with Gasteiger partial charge in [0.1, 0.15) is 11.6 Å². The number of rotatable bonds is 4. The number of carbonyl (C=O) groups is 1. The van der Waals surface area contributed by atoms with Crippen LogP contribution in [0, 0.1) is 12.7 Å². The predicted octanol–water partition coefficient (Wildman–Crippen LogP) is 4.23. The lowest BCUT2D eigenvalue weighted by Gasteiger charge is -2.07. The molecule has 0 aliphatic heterocycles. The second kappa shape index (κ2) is 6.87. The van der Waals surface area contributed by atoms with Gasteiger partial charge in [0, 0.05) is 17.7 Å². The molecule has 1 amide bonds. The standard InChI is InChI=1S/C20H15FN4O2/c1-13-11-19(25(23-13)16-5-3-2-4-6-16)22-20(26)17-12-18(27-24-17)14-7-9-15(21)10-8-14/h2-12H,1H3,(H,22,26). The highest BCUT2D eigenvalue weighted by molar-refractivity contribution is 6.03. The maximum atomic E-state index is 13.0. The molecule has 0 saturated heterocycles. The lowest BCUT2D eigenvalue weighted by molar-refractivity contribution is 0.101. The zero-order chi connectivity index (χ0) is 18.8. The molecule has 0 fully saturated rings. The number of aromatic nitrogens is 3. The fourth-order valence-corrected chi connectivity index (χ4v) is 2.67. The molecule has 2 aromatic carbocycles. The van der Waals surface area contributed by atoms with Crippen molar-refractivity contribution in [2.75, 3.05) is 5.32 Å². The number of nitrogens with zero attached hydrogens (tertiary/aromatic N) is 3. The molecule has 1 N–H and O–H groups in total. The van der Waals surface area contributed by atoms with E-state index in [-0.39, 0.29) is 11.5 Å². The van der Waals surface area contributed by atoms with Crippen LogP contribution in [-0.4, -0.2) is 20.8 Å². The Kier molecular flexibility index (Phi) is 4.25. The average Bonchev–Trinajstić information content (AvgIpc) is 3.30. The topological polar surface area (TPSA) is 73.0 Å². The first kappa shape index (κ1) is 16.7. The Balaban J connectivity index is 1.58. The maximum Gasteiger partial charge on any atom is 0.279 e. The third-order valence-electron chi connectivity index (χ3n) is 3.95. The third-order valence-corrected chi connectivity index (χ3v) is 3.95. The number of hydrogen-bond donors (Lipinski definition) is 1. The van der Waals surface area contributed by atoms with E-state index in [1.165, 1.54) is 18.2 Å². The van der Waals surface area contributed by atoms with Crippen LogP contribution in [0.3, 0.4) is 0 Å². The third kappa shape index (κ3) is 3.48. The van der Waals surface area contributed by atoms with Crippen LogP contribution in [0.4, 0.5) is 10.2 Å². The van der Waals surface area contributed by atoms with E-state index >= 15 is 0 Å². The Labute approximate surface area is 154 Å². The largest absolute Gasteiger partial charge is 0.355 e. The van der Waals surface area contributed by atoms with Crippen LogP contribution >= 0.6 is 0 Å². The Bertz CT molecular complexity index is 1080. The first-order valence-corrected chi connectivity index (χ1v) is 8.26. The van der Waals surface area contributed by atoms with E-state index in [1.54, 1.807) is 22.9 Å². The van der Waals surface area contributed by atoms with Gasteiger partial charge < -0.3 is 9.84 Å². The number of benzene rings is 2. The first-order chi connectivity index (χ1) is 13.1. The van der Waals surface area contributed by atoms with Crippen LogP contribution in [0.1, 0.15) is 16.2 Å². The van der Waals surface area contributed by atoms with Crippen molar-refractivity contribution in [3.05, 3.63) is 83.9 Å². The van der Waals surface area contributed by atoms with Crippen LogP contribution in [0.25, 0.3) is 17.0 Å². The van der Waals surface area contributed by atoms with Crippen molar-refractivity contribution in [3.63, 3.8) is 0 Å². The first-order valence-electron chi connectivity index (χ1n) is 8.26. The number of aryl methyl sites for hydroxylation is 1. The van der Waals surface area contributed by atoms with E-state index in [2.05, 4.69) is 15.6 Å². The highest BCUT2D eigenvalue weighted by atomic mass is 19.1. The molecule has 0 aliphatic rings. The summed E-state index contributed by atoms with van der Waals surface area (Å²) >= 11 is 0. The summed E-state index contributed by atoms with van der Waals surface area (Å²) in [6.45, 7) is 1.85. The summed E-state index contributed by atoms with van der Waals surface area (Å²) in [6.07, 6.45) is 0. The number of amides is 1. The van der Waals surface area contributed by atoms with Crippen molar-refractivity contribution < 1.29 is 13.7 Å². The number of anilines is 1. The Morgan fingerprint density at radius 2 is 1.81 bits per heavy atom. The van der Waals surface area contributed by atoms with E-state index in [0.29, 0.717) is 17.1 Å². The van der Waals surface area contributed by atoms with Crippen LogP contribution in [0.5, 0.6) is 0 Å². The normalized spacial score (nSPS) is 10.7. The van der Waals surface area contributed by atoms with E-state index < -0.39 is 5.91 Å². The quantitative estimate of drug-likeness (QED) is 0.590. The van der Waals surface area contributed by atoms with Gasteiger partial charge in [0.15, 0.2) is 11.5 Å². The lowest BCUT2D eigenvalue weighted by Crippen LogP contribution is -2.15. The van der Waals surface area contributed by atoms with Gasteiger partial charge in [-0.15, -0.1) is 0 Å². The number of hydrogen-bond acceptors (Lipinski definition) is 4. The Hall–Kier alpha value is -3.74. The fourth-order valence-electron chi connectivity index (χ4n) is 2.67. The van der Waals surface area contributed by atoms with E-state index in [9.17, 15) is 9.18 Å². The van der Waals surface area contributed by atoms with Crippen LogP contribution in [0.15, 0.2) is 71.3 Å². The molecule has 0 saturated carbocycles. The highest BCUT2D eigenvalue weighted by Crippen LogP contribution is 2.22. The molecule has 2 aromatic heterocycles. The molecule has 2 heterocycles. The van der Waals surface area contributed by atoms with E-state index in [4.69, 9.17) is 4.52 Å². The van der Waals surface area contributed by atoms with Crippen LogP contribution < -0.4 is 5.32 Å². The molecule has 134 valence electrons. The van der Waals surface area contributed by atoms with E-state index in [0.717, 1.165) is 11.4 Å². The van der Waals surface area contributed by atoms with Gasteiger partial charge in [0.05, 0.1) is 11.4 Å². The fraction of sp³-hybridized carbons (Fsp3) is 0.0500. The van der Waals surface area contributed by atoms with E-state index in [1.807, 2.05) is 37.3 Å². The summed E-state index contributed by atoms with van der Waals surface area (Å²) in [5.74, 6) is 0.132. The SMILES string of the molecule is Cc1cc(NC(=O)c2cc(-c3ccc(F)cc3)on2)n(-c2ccccc2)n1. The molecule has 0 atom stereocenters. The number of halogens is 1. The minimum absolute atomic E-state index is 0.118. The van der Waals surface area contributed by atoms with Crippen molar-refractivity contribution in [3.8, 4) is 17.0 Å². The summed E-state index contributed by atoms with van der Waals surface area (Å²) in [7, 11) is 0. The molecule has 0 unspecified atom stereocenters. The highest BCUT2D eigenvalue weighted by Gasteiger charge is 2.17. The van der Waals surface area contributed by atoms with Crippen molar-refractivity contribution in [1.82, 2.24) is 14.9 Å². The summed E-state index contributed by atoms with van der Waals surface area (Å²) in [4.78, 5) is 12.6. The molecule has 4 rings (SSSR count). The molecule has 0 spiro atoms. The molecule has 0 aliphatic carbocycles. The maximum absolute atomic E-state index is 13.0. The van der Waals surface area contributed by atoms with Crippen LogP contribution in [0.2, 0.25) is 0 Å². The average molecular weight is 362 g/mol. The molecule has 0 radical (unpaired) electrons. The Morgan fingerprint density at radius 3 is 2.56 bits per heavy atom. The van der Waals surface area contributed by atoms with Crippen molar-refractivity contribution >= 4 is 11.7 Å². The minimum atomic E-state index is -0.427. The summed E-state index contributed by atoms with van der Waals surface area (Å²) < 4.78 is 19.9. The summed E-state index contributed by atoms with van der Waals surface area (Å²) in [5, 5.41) is 11.0. The van der Waals surface area contributed by atoms with Crippen LogP contribution in [-0.2, 0) is 0 Å². The summed E-state index contributed by atoms with van der Waals surface area (Å²) in [6, 6.07) is 18.5. The van der Waals surface area contributed by atoms with Gasteiger partial charge in [-0.2, -0.15) is 5.10 Å². The molecular formula is C20H15FN4O2. The molecule has 7 heteroatoms. The monoisotopic (exact) mass is 362 g/mol. The molecule has 0 bridgehead atoms. The van der Waals surface area contributed by atoms with Crippen molar-refractivity contribution in [1.29, 1.82) is 0 Å². The lowest BCUT2D eigenvalue weighted by atomic mass is 10.1. The second-order valence-corrected chi connectivity index (χ2v) is 5.96. The van der Waals surface area contributed by atoms with Crippen molar-refractivity contribution in [2.24, 2.45) is 0 Å². The second-order valence-electron chi connectivity index (χ2n) is 5.96. The predicted molar refractivity (Wildman–Crippen MR) is 98.2 cm³/mol. The molecule has 4 aromatic rings. The zero-order valence-electron chi connectivity index (χ0n) is 14.4. The smallest absolute Gasteiger partial charge is 0.279 e. The van der Waals surface area contributed by atoms with Gasteiger partial charge >= 0.3 is 0 Å².